The molecule has 1 aliphatic carbocycles. The average Bonchev–Trinajstić information content (AvgIpc) is 2.67. The molecule has 16 heavy (non-hydrogen) atoms. The van der Waals surface area contributed by atoms with Gasteiger partial charge in [0.05, 0.1) is 6.07 Å². The van der Waals surface area contributed by atoms with E-state index in [-0.39, 0.29) is 11.8 Å². The fourth-order valence-corrected chi connectivity index (χ4v) is 2.22. The Morgan fingerprint density at radius 3 is 2.69 bits per heavy atom. The SMILES string of the molecule is COCC(C)CC(=O)NC1(C#N)CCCC1. The van der Waals surface area contributed by atoms with E-state index in [9.17, 15) is 4.79 Å². The second-order valence-electron chi connectivity index (χ2n) is 4.71. The van der Waals surface area contributed by atoms with Crippen molar-refractivity contribution >= 4 is 5.91 Å². The first-order valence-electron chi connectivity index (χ1n) is 5.83. The van der Waals surface area contributed by atoms with Crippen molar-refractivity contribution in [2.45, 2.75) is 44.6 Å². The molecule has 0 aromatic heterocycles. The maximum Gasteiger partial charge on any atom is 0.221 e. The Morgan fingerprint density at radius 2 is 2.19 bits per heavy atom. The van der Waals surface area contributed by atoms with Gasteiger partial charge < -0.3 is 10.1 Å². The van der Waals surface area contributed by atoms with E-state index in [0.29, 0.717) is 13.0 Å². The van der Waals surface area contributed by atoms with Crippen LogP contribution in [0.1, 0.15) is 39.0 Å². The Balaban J connectivity index is 2.41. The first kappa shape index (κ1) is 13.0. The summed E-state index contributed by atoms with van der Waals surface area (Å²) in [6, 6.07) is 2.25. The Bertz CT molecular complexity index is 277. The third-order valence-corrected chi connectivity index (χ3v) is 3.03. The van der Waals surface area contributed by atoms with Gasteiger partial charge in [0, 0.05) is 20.1 Å². The number of rotatable bonds is 5. The van der Waals surface area contributed by atoms with Crippen molar-refractivity contribution in [3.05, 3.63) is 0 Å². The number of ether oxygens (including phenoxy) is 1. The summed E-state index contributed by atoms with van der Waals surface area (Å²) in [5.41, 5.74) is -0.593. The molecule has 1 saturated carbocycles. The third kappa shape index (κ3) is 3.49. The number of carbonyl (C=O) groups is 1. The Hall–Kier alpha value is -1.08. The van der Waals surface area contributed by atoms with Crippen LogP contribution in [0.15, 0.2) is 0 Å². The molecule has 0 aromatic rings. The van der Waals surface area contributed by atoms with Crippen molar-refractivity contribution < 1.29 is 9.53 Å². The van der Waals surface area contributed by atoms with E-state index in [0.717, 1.165) is 25.7 Å². The number of amides is 1. The highest BCUT2D eigenvalue weighted by Gasteiger charge is 2.35. The molecule has 90 valence electrons. The van der Waals surface area contributed by atoms with Gasteiger partial charge in [0.15, 0.2) is 0 Å². The number of carbonyl (C=O) groups excluding carboxylic acids is 1. The molecular weight excluding hydrogens is 204 g/mol. The zero-order valence-corrected chi connectivity index (χ0v) is 10.1. The summed E-state index contributed by atoms with van der Waals surface area (Å²) in [5.74, 6) is 0.162. The van der Waals surface area contributed by atoms with Crippen LogP contribution in [0.25, 0.3) is 0 Å². The van der Waals surface area contributed by atoms with E-state index < -0.39 is 5.54 Å². The van der Waals surface area contributed by atoms with E-state index in [1.54, 1.807) is 7.11 Å². The number of nitrogens with zero attached hydrogens (tertiary/aromatic N) is 1. The number of methoxy groups -OCH3 is 1. The molecule has 0 spiro atoms. The molecule has 4 heteroatoms. The highest BCUT2D eigenvalue weighted by Crippen LogP contribution is 2.29. The van der Waals surface area contributed by atoms with E-state index in [2.05, 4.69) is 11.4 Å². The first-order valence-corrected chi connectivity index (χ1v) is 5.83. The summed E-state index contributed by atoms with van der Waals surface area (Å²) >= 11 is 0. The van der Waals surface area contributed by atoms with Crippen molar-refractivity contribution in [2.24, 2.45) is 5.92 Å². The molecule has 1 atom stereocenters. The van der Waals surface area contributed by atoms with Crippen LogP contribution in [0, 0.1) is 17.2 Å². The second-order valence-corrected chi connectivity index (χ2v) is 4.71. The largest absolute Gasteiger partial charge is 0.384 e. The van der Waals surface area contributed by atoms with Crippen molar-refractivity contribution in [2.75, 3.05) is 13.7 Å². The van der Waals surface area contributed by atoms with Crippen LogP contribution >= 0.6 is 0 Å². The lowest BCUT2D eigenvalue weighted by molar-refractivity contribution is -0.123. The lowest BCUT2D eigenvalue weighted by Gasteiger charge is -2.22. The number of nitrogens with one attached hydrogen (secondary N) is 1. The molecule has 0 saturated heterocycles. The predicted molar refractivity (Wildman–Crippen MR) is 60.6 cm³/mol. The molecule has 1 unspecified atom stereocenters. The standard InChI is InChI=1S/C12H20N2O2/c1-10(8-16-2)7-11(15)14-12(9-13)5-3-4-6-12/h10H,3-8H2,1-2H3,(H,14,15). The summed E-state index contributed by atoms with van der Waals surface area (Å²) in [7, 11) is 1.63. The van der Waals surface area contributed by atoms with E-state index in [1.165, 1.54) is 0 Å². The van der Waals surface area contributed by atoms with Crippen molar-refractivity contribution in [1.29, 1.82) is 5.26 Å². The van der Waals surface area contributed by atoms with E-state index >= 15 is 0 Å². The first-order chi connectivity index (χ1) is 7.62. The molecule has 4 nitrogen and oxygen atoms in total. The molecule has 1 rings (SSSR count). The molecule has 0 bridgehead atoms. The van der Waals surface area contributed by atoms with Gasteiger partial charge >= 0.3 is 0 Å². The monoisotopic (exact) mass is 224 g/mol. The summed E-state index contributed by atoms with van der Waals surface area (Å²) in [5, 5.41) is 12.0. The minimum absolute atomic E-state index is 0.0343. The molecule has 1 fully saturated rings. The van der Waals surface area contributed by atoms with E-state index in [4.69, 9.17) is 10.00 Å². The zero-order chi connectivity index (χ0) is 12.0. The van der Waals surface area contributed by atoms with Gasteiger partial charge in [-0.15, -0.1) is 0 Å². The quantitative estimate of drug-likeness (QED) is 0.771. The van der Waals surface area contributed by atoms with Gasteiger partial charge in [0.25, 0.3) is 0 Å². The average molecular weight is 224 g/mol. The van der Waals surface area contributed by atoms with Gasteiger partial charge in [-0.1, -0.05) is 6.92 Å². The molecule has 1 amide bonds. The normalized spacial score (nSPS) is 20.1. The molecule has 0 radical (unpaired) electrons. The molecule has 0 aromatic carbocycles. The van der Waals surface area contributed by atoms with E-state index in [1.807, 2.05) is 6.92 Å². The molecular formula is C12H20N2O2. The van der Waals surface area contributed by atoms with Gasteiger partial charge in [-0.25, -0.2) is 0 Å². The van der Waals surface area contributed by atoms with Gasteiger partial charge in [0.1, 0.15) is 5.54 Å². The fourth-order valence-electron chi connectivity index (χ4n) is 2.22. The lowest BCUT2D eigenvalue weighted by atomic mass is 9.98. The van der Waals surface area contributed by atoms with Gasteiger partial charge in [-0.2, -0.15) is 5.26 Å². The molecule has 1 N–H and O–H groups in total. The van der Waals surface area contributed by atoms with Gasteiger partial charge in [-0.05, 0) is 31.6 Å². The van der Waals surface area contributed by atoms with Crippen LogP contribution < -0.4 is 5.32 Å². The fraction of sp³-hybridized carbons (Fsp3) is 0.833. The third-order valence-electron chi connectivity index (χ3n) is 3.03. The zero-order valence-electron chi connectivity index (χ0n) is 10.1. The second kappa shape index (κ2) is 5.86. The van der Waals surface area contributed by atoms with Crippen LogP contribution in [0.2, 0.25) is 0 Å². The summed E-state index contributed by atoms with van der Waals surface area (Å²) in [4.78, 5) is 11.7. The Labute approximate surface area is 97.0 Å². The molecule has 0 heterocycles. The summed E-state index contributed by atoms with van der Waals surface area (Å²) in [6.07, 6.45) is 4.06. The maximum atomic E-state index is 11.7. The summed E-state index contributed by atoms with van der Waals surface area (Å²) in [6.45, 7) is 2.55. The minimum Gasteiger partial charge on any atom is -0.384 e. The highest BCUT2D eigenvalue weighted by atomic mass is 16.5. The highest BCUT2D eigenvalue weighted by molar-refractivity contribution is 5.77. The topological polar surface area (TPSA) is 62.1 Å². The van der Waals surface area contributed by atoms with Crippen LogP contribution in [0.3, 0.4) is 0 Å². The van der Waals surface area contributed by atoms with Crippen molar-refractivity contribution in [3.63, 3.8) is 0 Å². The van der Waals surface area contributed by atoms with Crippen LogP contribution in [0.5, 0.6) is 0 Å². The van der Waals surface area contributed by atoms with Gasteiger partial charge in [0.2, 0.25) is 5.91 Å². The van der Waals surface area contributed by atoms with Crippen molar-refractivity contribution in [1.82, 2.24) is 5.32 Å². The smallest absolute Gasteiger partial charge is 0.221 e. The molecule has 0 aliphatic heterocycles. The van der Waals surface area contributed by atoms with Crippen LogP contribution in [0.4, 0.5) is 0 Å². The van der Waals surface area contributed by atoms with Crippen molar-refractivity contribution in [3.8, 4) is 6.07 Å². The number of nitriles is 1. The molecule has 1 aliphatic rings. The Kier molecular flexibility index (Phi) is 4.75. The van der Waals surface area contributed by atoms with Gasteiger partial charge in [-0.3, -0.25) is 4.79 Å². The Morgan fingerprint density at radius 1 is 1.56 bits per heavy atom. The lowest BCUT2D eigenvalue weighted by Crippen LogP contribution is -2.45. The maximum absolute atomic E-state index is 11.7. The summed E-state index contributed by atoms with van der Waals surface area (Å²) < 4.78 is 4.98. The number of hydrogen-bond donors (Lipinski definition) is 1. The predicted octanol–water partition coefficient (Wildman–Crippen LogP) is 1.61. The number of hydrogen-bond acceptors (Lipinski definition) is 3. The van der Waals surface area contributed by atoms with Crippen LogP contribution in [-0.4, -0.2) is 25.2 Å². The minimum atomic E-state index is -0.593. The van der Waals surface area contributed by atoms with Crippen LogP contribution in [-0.2, 0) is 9.53 Å².